The summed E-state index contributed by atoms with van der Waals surface area (Å²) in [6.45, 7) is 2.77. The van der Waals surface area contributed by atoms with Crippen molar-refractivity contribution in [3.05, 3.63) is 34.3 Å². The summed E-state index contributed by atoms with van der Waals surface area (Å²) in [5, 5.41) is 0. The number of piperidine rings is 1. The third kappa shape index (κ3) is 3.07. The smallest absolute Gasteiger partial charge is 0.233 e. The largest absolute Gasteiger partial charge is 0.381 e. The van der Waals surface area contributed by atoms with Gasteiger partial charge < -0.3 is 15.4 Å². The van der Waals surface area contributed by atoms with Crippen molar-refractivity contribution in [3.63, 3.8) is 0 Å². The highest BCUT2D eigenvalue weighted by Gasteiger charge is 2.44. The van der Waals surface area contributed by atoms with E-state index in [1.165, 1.54) is 0 Å². The lowest BCUT2D eigenvalue weighted by Gasteiger charge is -2.42. The number of nitrogens with two attached hydrogens (primary N) is 1. The predicted octanol–water partition coefficient (Wildman–Crippen LogP) is 2.45. The molecule has 1 atom stereocenters. The molecule has 1 amide bonds. The maximum absolute atomic E-state index is 13.3. The number of nitrogens with zero attached hydrogens (tertiary/aromatic N) is 1. The Morgan fingerprint density at radius 1 is 1.36 bits per heavy atom. The molecular formula is C17H23BrN2O2. The first-order valence-electron chi connectivity index (χ1n) is 8.00. The fourth-order valence-corrected chi connectivity index (χ4v) is 4.03. The van der Waals surface area contributed by atoms with Gasteiger partial charge in [-0.1, -0.05) is 28.1 Å². The number of amides is 1. The van der Waals surface area contributed by atoms with E-state index < -0.39 is 5.41 Å². The second kappa shape index (κ2) is 6.69. The van der Waals surface area contributed by atoms with Crippen molar-refractivity contribution >= 4 is 21.8 Å². The van der Waals surface area contributed by atoms with Crippen molar-refractivity contribution in [3.8, 4) is 0 Å². The van der Waals surface area contributed by atoms with Gasteiger partial charge in [-0.2, -0.15) is 0 Å². The maximum Gasteiger partial charge on any atom is 0.233 e. The SMILES string of the molecule is NC1CCCN(C(=O)C2(c3cccc(Br)c3)CCOCC2)C1. The van der Waals surface area contributed by atoms with Gasteiger partial charge in [-0.3, -0.25) is 4.79 Å². The molecule has 0 aromatic heterocycles. The quantitative estimate of drug-likeness (QED) is 0.874. The van der Waals surface area contributed by atoms with Gasteiger partial charge in [-0.15, -0.1) is 0 Å². The van der Waals surface area contributed by atoms with Crippen LogP contribution in [0.4, 0.5) is 0 Å². The molecular weight excluding hydrogens is 344 g/mol. The van der Waals surface area contributed by atoms with Crippen molar-refractivity contribution in [1.29, 1.82) is 0 Å². The number of carbonyl (C=O) groups is 1. The van der Waals surface area contributed by atoms with E-state index in [0.717, 1.165) is 42.3 Å². The Kier molecular flexibility index (Phi) is 4.85. The molecule has 4 nitrogen and oxygen atoms in total. The number of carbonyl (C=O) groups excluding carboxylic acids is 1. The van der Waals surface area contributed by atoms with E-state index in [1.807, 2.05) is 17.0 Å². The molecule has 2 saturated heterocycles. The second-order valence-corrected chi connectivity index (χ2v) is 7.27. The highest BCUT2D eigenvalue weighted by atomic mass is 79.9. The molecule has 22 heavy (non-hydrogen) atoms. The van der Waals surface area contributed by atoms with Crippen LogP contribution in [0.5, 0.6) is 0 Å². The van der Waals surface area contributed by atoms with Gasteiger partial charge in [0.25, 0.3) is 0 Å². The summed E-state index contributed by atoms with van der Waals surface area (Å²) in [5.74, 6) is 0.226. The minimum absolute atomic E-state index is 0.108. The minimum Gasteiger partial charge on any atom is -0.381 e. The van der Waals surface area contributed by atoms with Crippen LogP contribution in [0.3, 0.4) is 0 Å². The number of ether oxygens (including phenoxy) is 1. The van der Waals surface area contributed by atoms with Gasteiger partial charge in [-0.25, -0.2) is 0 Å². The molecule has 2 fully saturated rings. The lowest BCUT2D eigenvalue weighted by Crippen LogP contribution is -2.54. The molecule has 1 aromatic carbocycles. The Bertz CT molecular complexity index is 543. The fourth-order valence-electron chi connectivity index (χ4n) is 3.63. The van der Waals surface area contributed by atoms with E-state index in [1.54, 1.807) is 0 Å². The van der Waals surface area contributed by atoms with Crippen LogP contribution in [0.2, 0.25) is 0 Å². The fraction of sp³-hybridized carbons (Fsp3) is 0.588. The highest BCUT2D eigenvalue weighted by molar-refractivity contribution is 9.10. The first-order valence-corrected chi connectivity index (χ1v) is 8.80. The van der Waals surface area contributed by atoms with Crippen LogP contribution in [0, 0.1) is 0 Å². The Morgan fingerprint density at radius 3 is 2.82 bits per heavy atom. The van der Waals surface area contributed by atoms with E-state index in [2.05, 4.69) is 28.1 Å². The van der Waals surface area contributed by atoms with Gasteiger partial charge >= 0.3 is 0 Å². The van der Waals surface area contributed by atoms with Crippen LogP contribution in [-0.2, 0) is 14.9 Å². The molecule has 1 aromatic rings. The zero-order valence-electron chi connectivity index (χ0n) is 12.8. The van der Waals surface area contributed by atoms with E-state index in [-0.39, 0.29) is 11.9 Å². The molecule has 0 spiro atoms. The number of benzene rings is 1. The lowest BCUT2D eigenvalue weighted by atomic mass is 9.72. The average molecular weight is 367 g/mol. The second-order valence-electron chi connectivity index (χ2n) is 6.36. The number of hydrogen-bond acceptors (Lipinski definition) is 3. The number of likely N-dealkylation sites (tertiary alicyclic amines) is 1. The topological polar surface area (TPSA) is 55.6 Å². The van der Waals surface area contributed by atoms with Crippen molar-refractivity contribution in [1.82, 2.24) is 4.90 Å². The van der Waals surface area contributed by atoms with Crippen molar-refractivity contribution in [2.24, 2.45) is 5.73 Å². The molecule has 0 aliphatic carbocycles. The summed E-state index contributed by atoms with van der Waals surface area (Å²) in [5.41, 5.74) is 6.71. The van der Waals surface area contributed by atoms with E-state index in [4.69, 9.17) is 10.5 Å². The Hall–Kier alpha value is -0.910. The lowest BCUT2D eigenvalue weighted by molar-refractivity contribution is -0.142. The number of hydrogen-bond donors (Lipinski definition) is 1. The molecule has 2 aliphatic heterocycles. The van der Waals surface area contributed by atoms with Crippen molar-refractivity contribution in [2.45, 2.75) is 37.1 Å². The Morgan fingerprint density at radius 2 is 2.14 bits per heavy atom. The zero-order chi connectivity index (χ0) is 15.6. The molecule has 5 heteroatoms. The standard InChI is InChI=1S/C17H23BrN2O2/c18-14-4-1-3-13(11-14)17(6-9-22-10-7-17)16(21)20-8-2-5-15(19)12-20/h1,3-4,11,15H,2,5-10,12,19H2. The molecule has 2 N–H and O–H groups in total. The maximum atomic E-state index is 13.3. The van der Waals surface area contributed by atoms with E-state index in [9.17, 15) is 4.79 Å². The van der Waals surface area contributed by atoms with Gasteiger partial charge in [-0.05, 0) is 43.4 Å². The molecule has 3 rings (SSSR count). The molecule has 120 valence electrons. The van der Waals surface area contributed by atoms with Crippen molar-refractivity contribution in [2.75, 3.05) is 26.3 Å². The zero-order valence-corrected chi connectivity index (χ0v) is 14.3. The van der Waals surface area contributed by atoms with Crippen molar-refractivity contribution < 1.29 is 9.53 Å². The number of rotatable bonds is 2. The monoisotopic (exact) mass is 366 g/mol. The summed E-state index contributed by atoms with van der Waals surface area (Å²) >= 11 is 3.53. The Balaban J connectivity index is 1.93. The van der Waals surface area contributed by atoms with Gasteiger partial charge in [0.1, 0.15) is 0 Å². The van der Waals surface area contributed by atoms with E-state index in [0.29, 0.717) is 19.8 Å². The summed E-state index contributed by atoms with van der Waals surface area (Å²) in [4.78, 5) is 15.3. The highest BCUT2D eigenvalue weighted by Crippen LogP contribution is 2.38. The first-order chi connectivity index (χ1) is 10.6. The normalized spacial score (nSPS) is 25.0. The summed E-state index contributed by atoms with van der Waals surface area (Å²) < 4.78 is 6.54. The molecule has 2 heterocycles. The van der Waals surface area contributed by atoms with Crippen LogP contribution in [0.25, 0.3) is 0 Å². The Labute approximate surface area is 140 Å². The van der Waals surface area contributed by atoms with Crippen LogP contribution in [0.15, 0.2) is 28.7 Å². The summed E-state index contributed by atoms with van der Waals surface area (Å²) in [7, 11) is 0. The minimum atomic E-state index is -0.459. The molecule has 0 saturated carbocycles. The van der Waals surface area contributed by atoms with Crippen LogP contribution < -0.4 is 5.73 Å². The van der Waals surface area contributed by atoms with Gasteiger partial charge in [0.15, 0.2) is 0 Å². The van der Waals surface area contributed by atoms with Crippen LogP contribution >= 0.6 is 15.9 Å². The third-order valence-electron chi connectivity index (χ3n) is 4.88. The molecule has 1 unspecified atom stereocenters. The first kappa shape index (κ1) is 16.0. The third-order valence-corrected chi connectivity index (χ3v) is 5.37. The van der Waals surface area contributed by atoms with Gasteiger partial charge in [0.2, 0.25) is 5.91 Å². The molecule has 0 bridgehead atoms. The van der Waals surface area contributed by atoms with Crippen LogP contribution in [-0.4, -0.2) is 43.2 Å². The van der Waals surface area contributed by atoms with Gasteiger partial charge in [0, 0.05) is 36.8 Å². The number of halogens is 1. The van der Waals surface area contributed by atoms with E-state index >= 15 is 0 Å². The summed E-state index contributed by atoms with van der Waals surface area (Å²) in [6.07, 6.45) is 3.50. The van der Waals surface area contributed by atoms with Crippen LogP contribution in [0.1, 0.15) is 31.2 Å². The predicted molar refractivity (Wildman–Crippen MR) is 89.7 cm³/mol. The summed E-state index contributed by atoms with van der Waals surface area (Å²) in [6, 6.07) is 8.26. The van der Waals surface area contributed by atoms with Gasteiger partial charge in [0.05, 0.1) is 5.41 Å². The molecule has 2 aliphatic rings. The molecule has 0 radical (unpaired) electrons. The average Bonchev–Trinajstić information content (AvgIpc) is 2.55.